The van der Waals surface area contributed by atoms with Crippen molar-refractivity contribution in [3.05, 3.63) is 109 Å². The van der Waals surface area contributed by atoms with Crippen LogP contribution in [0.4, 0.5) is 5.95 Å². The number of rotatable bonds is 7. The fourth-order valence-electron chi connectivity index (χ4n) is 3.09. The van der Waals surface area contributed by atoms with Crippen LogP contribution in [0.25, 0.3) is 11.3 Å². The number of ether oxygens (including phenoxy) is 1. The molecule has 9 heteroatoms. The summed E-state index contributed by atoms with van der Waals surface area (Å²) in [5, 5.41) is 14.1. The van der Waals surface area contributed by atoms with E-state index < -0.39 is 5.56 Å². The first-order valence-corrected chi connectivity index (χ1v) is 11.3. The summed E-state index contributed by atoms with van der Waals surface area (Å²) in [6.45, 7) is 0.369. The van der Waals surface area contributed by atoms with Crippen LogP contribution in [0, 0.1) is 11.3 Å². The Morgan fingerprint density at radius 1 is 1.15 bits per heavy atom. The van der Waals surface area contributed by atoms with Crippen molar-refractivity contribution in [2.24, 2.45) is 5.10 Å². The number of halogens is 2. The summed E-state index contributed by atoms with van der Waals surface area (Å²) in [5.41, 5.74) is 4.64. The average molecular weight is 535 g/mol. The molecule has 0 amide bonds. The van der Waals surface area contributed by atoms with Crippen molar-refractivity contribution >= 4 is 39.7 Å². The van der Waals surface area contributed by atoms with E-state index in [2.05, 4.69) is 36.4 Å². The number of nitriles is 1. The van der Waals surface area contributed by atoms with Crippen LogP contribution in [0.2, 0.25) is 5.02 Å². The third kappa shape index (κ3) is 5.70. The molecule has 0 aliphatic rings. The molecule has 4 aromatic rings. The van der Waals surface area contributed by atoms with Crippen LogP contribution in [-0.4, -0.2) is 16.2 Å². The van der Waals surface area contributed by atoms with Gasteiger partial charge in [-0.2, -0.15) is 10.4 Å². The van der Waals surface area contributed by atoms with E-state index in [1.807, 2.05) is 36.4 Å². The minimum absolute atomic E-state index is 0.0702. The lowest BCUT2D eigenvalue weighted by Crippen LogP contribution is -2.16. The highest BCUT2D eigenvalue weighted by Gasteiger charge is 2.13. The first kappa shape index (κ1) is 23.2. The molecule has 0 spiro atoms. The molecule has 2 N–H and O–H groups in total. The van der Waals surface area contributed by atoms with Crippen molar-refractivity contribution in [2.75, 3.05) is 5.43 Å². The maximum absolute atomic E-state index is 12.4. The predicted molar refractivity (Wildman–Crippen MR) is 136 cm³/mol. The number of benzene rings is 3. The molecule has 0 saturated heterocycles. The molecule has 34 heavy (non-hydrogen) atoms. The van der Waals surface area contributed by atoms with Gasteiger partial charge in [-0.05, 0) is 35.9 Å². The standard InChI is InChI=1S/C25H17BrClN5O2/c26-19-8-6-16(7-9-19)15-34-22-11-10-20(27)12-18(22)14-29-32-25-30-23(17-4-2-1-3-5-17)21(13-28)24(33)31-25/h1-12,14H,15H2,(H2,30,31,32,33). The normalized spacial score (nSPS) is 10.7. The molecule has 4 rings (SSSR count). The van der Waals surface area contributed by atoms with E-state index in [1.165, 1.54) is 6.21 Å². The van der Waals surface area contributed by atoms with E-state index >= 15 is 0 Å². The van der Waals surface area contributed by atoms with Crippen molar-refractivity contribution in [1.82, 2.24) is 9.97 Å². The average Bonchev–Trinajstić information content (AvgIpc) is 2.85. The second-order valence-corrected chi connectivity index (χ2v) is 8.44. The Bertz CT molecular complexity index is 1430. The highest BCUT2D eigenvalue weighted by atomic mass is 79.9. The molecule has 0 atom stereocenters. The molecule has 1 aromatic heterocycles. The number of hydrogen-bond acceptors (Lipinski definition) is 6. The fraction of sp³-hybridized carbons (Fsp3) is 0.0400. The van der Waals surface area contributed by atoms with E-state index in [0.29, 0.717) is 28.5 Å². The first-order chi connectivity index (χ1) is 16.5. The van der Waals surface area contributed by atoms with Gasteiger partial charge in [-0.15, -0.1) is 0 Å². The molecule has 0 aliphatic carbocycles. The van der Waals surface area contributed by atoms with Gasteiger partial charge >= 0.3 is 0 Å². The van der Waals surface area contributed by atoms with Crippen molar-refractivity contribution in [1.29, 1.82) is 5.26 Å². The molecule has 0 unspecified atom stereocenters. The van der Waals surface area contributed by atoms with E-state index in [-0.39, 0.29) is 17.2 Å². The number of hydrazone groups is 1. The lowest BCUT2D eigenvalue weighted by atomic mass is 10.1. The Morgan fingerprint density at radius 2 is 1.91 bits per heavy atom. The van der Waals surface area contributed by atoms with Gasteiger partial charge in [0.15, 0.2) is 0 Å². The summed E-state index contributed by atoms with van der Waals surface area (Å²) >= 11 is 9.57. The van der Waals surface area contributed by atoms with Crippen molar-refractivity contribution in [2.45, 2.75) is 6.61 Å². The lowest BCUT2D eigenvalue weighted by molar-refractivity contribution is 0.306. The van der Waals surface area contributed by atoms with Gasteiger partial charge in [0.25, 0.3) is 5.56 Å². The van der Waals surface area contributed by atoms with Crippen molar-refractivity contribution in [3.63, 3.8) is 0 Å². The molecule has 0 saturated carbocycles. The van der Waals surface area contributed by atoms with Gasteiger partial charge in [-0.3, -0.25) is 9.78 Å². The number of anilines is 1. The monoisotopic (exact) mass is 533 g/mol. The fourth-order valence-corrected chi connectivity index (χ4v) is 3.54. The Labute approximate surface area is 208 Å². The molecule has 0 aliphatic heterocycles. The Hall–Kier alpha value is -3.93. The molecule has 1 heterocycles. The molecular formula is C25H17BrClN5O2. The number of nitrogens with zero attached hydrogens (tertiary/aromatic N) is 3. The third-order valence-electron chi connectivity index (χ3n) is 4.73. The van der Waals surface area contributed by atoms with Crippen molar-refractivity contribution < 1.29 is 4.74 Å². The van der Waals surface area contributed by atoms with Gasteiger partial charge in [0, 0.05) is 20.6 Å². The van der Waals surface area contributed by atoms with Gasteiger partial charge in [0.1, 0.15) is 24.0 Å². The SMILES string of the molecule is N#Cc1c(-c2ccccc2)nc(NN=Cc2cc(Cl)ccc2OCc2ccc(Br)cc2)[nH]c1=O. The lowest BCUT2D eigenvalue weighted by Gasteiger charge is -2.10. The molecule has 0 bridgehead atoms. The number of nitrogens with one attached hydrogen (secondary N) is 2. The zero-order chi connectivity index (χ0) is 23.9. The summed E-state index contributed by atoms with van der Waals surface area (Å²) in [4.78, 5) is 19.3. The van der Waals surface area contributed by atoms with E-state index in [9.17, 15) is 10.1 Å². The number of H-pyrrole nitrogens is 1. The topological polar surface area (TPSA) is 103 Å². The van der Waals surface area contributed by atoms with Crippen LogP contribution >= 0.6 is 27.5 Å². The summed E-state index contributed by atoms with van der Waals surface area (Å²) in [7, 11) is 0. The molecule has 168 valence electrons. The molecule has 3 aromatic carbocycles. The summed E-state index contributed by atoms with van der Waals surface area (Å²) < 4.78 is 6.94. The maximum atomic E-state index is 12.4. The zero-order valence-electron chi connectivity index (χ0n) is 17.6. The minimum Gasteiger partial charge on any atom is -0.488 e. The van der Waals surface area contributed by atoms with Crippen LogP contribution in [0.3, 0.4) is 0 Å². The zero-order valence-corrected chi connectivity index (χ0v) is 20.0. The summed E-state index contributed by atoms with van der Waals surface area (Å²) in [5.74, 6) is 0.683. The molecule has 7 nitrogen and oxygen atoms in total. The Morgan fingerprint density at radius 3 is 2.65 bits per heavy atom. The summed E-state index contributed by atoms with van der Waals surface area (Å²) in [6.07, 6.45) is 1.52. The minimum atomic E-state index is -0.560. The number of aromatic amines is 1. The van der Waals surface area contributed by atoms with Gasteiger partial charge in [-0.1, -0.05) is 70.0 Å². The smallest absolute Gasteiger partial charge is 0.270 e. The Kier molecular flexibility index (Phi) is 7.38. The van der Waals surface area contributed by atoms with Crippen LogP contribution in [0.1, 0.15) is 16.7 Å². The van der Waals surface area contributed by atoms with Crippen LogP contribution in [-0.2, 0) is 6.61 Å². The third-order valence-corrected chi connectivity index (χ3v) is 5.50. The van der Waals surface area contributed by atoms with Gasteiger partial charge in [-0.25, -0.2) is 10.4 Å². The summed E-state index contributed by atoms with van der Waals surface area (Å²) in [6, 6.07) is 23.9. The van der Waals surface area contributed by atoms with Crippen molar-refractivity contribution in [3.8, 4) is 23.1 Å². The highest BCUT2D eigenvalue weighted by molar-refractivity contribution is 9.10. The second-order valence-electron chi connectivity index (χ2n) is 7.08. The van der Waals surface area contributed by atoms with Crippen LogP contribution < -0.4 is 15.7 Å². The van der Waals surface area contributed by atoms with Gasteiger partial charge in [0.2, 0.25) is 5.95 Å². The van der Waals surface area contributed by atoms with E-state index in [1.54, 1.807) is 42.5 Å². The maximum Gasteiger partial charge on any atom is 0.270 e. The molecule has 0 radical (unpaired) electrons. The first-order valence-electron chi connectivity index (χ1n) is 10.1. The molecule has 0 fully saturated rings. The molecular weight excluding hydrogens is 518 g/mol. The number of hydrogen-bond donors (Lipinski definition) is 2. The van der Waals surface area contributed by atoms with E-state index in [0.717, 1.165) is 10.0 Å². The van der Waals surface area contributed by atoms with Crippen LogP contribution in [0.15, 0.2) is 87.2 Å². The highest BCUT2D eigenvalue weighted by Crippen LogP contribution is 2.23. The van der Waals surface area contributed by atoms with E-state index in [4.69, 9.17) is 16.3 Å². The van der Waals surface area contributed by atoms with Gasteiger partial charge in [0.05, 0.1) is 11.9 Å². The Balaban J connectivity index is 1.55. The number of aromatic nitrogens is 2. The quantitative estimate of drug-likeness (QED) is 0.232. The van der Waals surface area contributed by atoms with Gasteiger partial charge < -0.3 is 4.74 Å². The predicted octanol–water partition coefficient (Wildman–Crippen LogP) is 5.75. The van der Waals surface area contributed by atoms with Crippen LogP contribution in [0.5, 0.6) is 5.75 Å². The largest absolute Gasteiger partial charge is 0.488 e. The second kappa shape index (κ2) is 10.8.